The normalized spacial score (nSPS) is 11.8. The lowest BCUT2D eigenvalue weighted by Crippen LogP contribution is -2.24. The maximum absolute atomic E-state index is 12.5. The molecule has 0 saturated carbocycles. The van der Waals surface area contributed by atoms with Crippen LogP contribution in [0.15, 0.2) is 54.9 Å². The van der Waals surface area contributed by atoms with Crippen LogP contribution in [0.5, 0.6) is 17.2 Å². The van der Waals surface area contributed by atoms with Crippen LogP contribution >= 0.6 is 0 Å². The van der Waals surface area contributed by atoms with Gasteiger partial charge in [0, 0.05) is 12.6 Å². The number of rotatable bonds is 7. The predicted molar refractivity (Wildman–Crippen MR) is 107 cm³/mol. The third-order valence-corrected chi connectivity index (χ3v) is 4.24. The van der Waals surface area contributed by atoms with Crippen LogP contribution in [0.3, 0.4) is 0 Å². The van der Waals surface area contributed by atoms with Gasteiger partial charge in [-0.2, -0.15) is 0 Å². The second-order valence-electron chi connectivity index (χ2n) is 6.21. The van der Waals surface area contributed by atoms with E-state index in [4.69, 9.17) is 14.2 Å². The lowest BCUT2D eigenvalue weighted by Gasteiger charge is -2.12. The van der Waals surface area contributed by atoms with E-state index >= 15 is 0 Å². The van der Waals surface area contributed by atoms with Crippen LogP contribution in [0.2, 0.25) is 0 Å². The lowest BCUT2D eigenvalue weighted by molar-refractivity contribution is 0.0945. The molecule has 0 bridgehead atoms. The standard InChI is InChI=1S/C21H20N4O4/c1-2-27-17-6-4-3-5-15(17)25-20-10-16(23-12-24-20)21(26)22-11-14-7-8-18-19(9-14)29-13-28-18/h3-10,12H,2,11,13H2,1H3,(H,22,26)(H,23,24,25). The summed E-state index contributed by atoms with van der Waals surface area (Å²) in [5, 5.41) is 6.02. The number of hydrogen-bond donors (Lipinski definition) is 2. The quantitative estimate of drug-likeness (QED) is 0.637. The highest BCUT2D eigenvalue weighted by molar-refractivity contribution is 5.93. The molecule has 3 aromatic rings. The summed E-state index contributed by atoms with van der Waals surface area (Å²) in [5.41, 5.74) is 1.93. The van der Waals surface area contributed by atoms with Gasteiger partial charge in [-0.05, 0) is 36.8 Å². The summed E-state index contributed by atoms with van der Waals surface area (Å²) in [6.45, 7) is 3.03. The van der Waals surface area contributed by atoms with Gasteiger partial charge >= 0.3 is 0 Å². The van der Waals surface area contributed by atoms with Crippen LogP contribution in [-0.4, -0.2) is 29.3 Å². The number of fused-ring (bicyclic) bond motifs is 1. The van der Waals surface area contributed by atoms with Gasteiger partial charge in [0.2, 0.25) is 6.79 Å². The summed E-state index contributed by atoms with van der Waals surface area (Å²) in [5.74, 6) is 2.30. The molecule has 2 heterocycles. The molecule has 8 heteroatoms. The maximum atomic E-state index is 12.5. The molecule has 4 rings (SSSR count). The number of carbonyl (C=O) groups excluding carboxylic acids is 1. The van der Waals surface area contributed by atoms with Crippen molar-refractivity contribution in [3.05, 3.63) is 66.1 Å². The van der Waals surface area contributed by atoms with Gasteiger partial charge < -0.3 is 24.8 Å². The van der Waals surface area contributed by atoms with Gasteiger partial charge in [-0.15, -0.1) is 0 Å². The Labute approximate surface area is 167 Å². The number of amides is 1. The van der Waals surface area contributed by atoms with Crippen molar-refractivity contribution >= 4 is 17.4 Å². The van der Waals surface area contributed by atoms with E-state index in [1.807, 2.05) is 49.4 Å². The molecule has 1 aliphatic heterocycles. The summed E-state index contributed by atoms with van der Waals surface area (Å²) in [7, 11) is 0. The molecule has 1 amide bonds. The minimum absolute atomic E-state index is 0.217. The summed E-state index contributed by atoms with van der Waals surface area (Å²) in [6, 6.07) is 14.7. The van der Waals surface area contributed by atoms with Crippen molar-refractivity contribution in [1.82, 2.24) is 15.3 Å². The number of para-hydroxylation sites is 2. The second-order valence-corrected chi connectivity index (χ2v) is 6.21. The first-order chi connectivity index (χ1) is 14.2. The van der Waals surface area contributed by atoms with E-state index in [0.717, 1.165) is 11.3 Å². The molecule has 0 spiro atoms. The van der Waals surface area contributed by atoms with Crippen molar-refractivity contribution in [3.8, 4) is 17.2 Å². The Morgan fingerprint density at radius 2 is 1.97 bits per heavy atom. The van der Waals surface area contributed by atoms with Crippen molar-refractivity contribution in [1.29, 1.82) is 0 Å². The van der Waals surface area contributed by atoms with Crippen LogP contribution in [0.1, 0.15) is 23.0 Å². The minimum atomic E-state index is -0.300. The molecule has 0 atom stereocenters. The first-order valence-electron chi connectivity index (χ1n) is 9.20. The fraction of sp³-hybridized carbons (Fsp3) is 0.190. The average Bonchev–Trinajstić information content (AvgIpc) is 3.22. The second kappa shape index (κ2) is 8.47. The van der Waals surface area contributed by atoms with Gasteiger partial charge in [-0.3, -0.25) is 4.79 Å². The van der Waals surface area contributed by atoms with E-state index in [0.29, 0.717) is 36.2 Å². The van der Waals surface area contributed by atoms with E-state index in [9.17, 15) is 4.79 Å². The molecule has 2 N–H and O–H groups in total. The molecule has 0 fully saturated rings. The molecule has 0 unspecified atom stereocenters. The monoisotopic (exact) mass is 392 g/mol. The molecule has 29 heavy (non-hydrogen) atoms. The molecule has 0 aliphatic carbocycles. The SMILES string of the molecule is CCOc1ccccc1Nc1cc(C(=O)NCc2ccc3c(c2)OCO3)ncn1. The Morgan fingerprint density at radius 3 is 2.86 bits per heavy atom. The number of benzene rings is 2. The minimum Gasteiger partial charge on any atom is -0.492 e. The molecule has 148 valence electrons. The fourth-order valence-electron chi connectivity index (χ4n) is 2.86. The Kier molecular flexibility index (Phi) is 5.42. The number of nitrogens with one attached hydrogen (secondary N) is 2. The third-order valence-electron chi connectivity index (χ3n) is 4.24. The molecule has 8 nitrogen and oxygen atoms in total. The van der Waals surface area contributed by atoms with E-state index in [1.165, 1.54) is 6.33 Å². The highest BCUT2D eigenvalue weighted by atomic mass is 16.7. The van der Waals surface area contributed by atoms with Crippen LogP contribution in [0.4, 0.5) is 11.5 Å². The number of carbonyl (C=O) groups is 1. The molecule has 1 aromatic heterocycles. The lowest BCUT2D eigenvalue weighted by atomic mass is 10.2. The Morgan fingerprint density at radius 1 is 1.10 bits per heavy atom. The van der Waals surface area contributed by atoms with Gasteiger partial charge in [-0.1, -0.05) is 18.2 Å². The Bertz CT molecular complexity index is 1030. The molecule has 1 aliphatic rings. The summed E-state index contributed by atoms with van der Waals surface area (Å²) in [4.78, 5) is 20.8. The fourth-order valence-corrected chi connectivity index (χ4v) is 2.86. The first kappa shape index (κ1) is 18.5. The van der Waals surface area contributed by atoms with Crippen molar-refractivity contribution in [2.75, 3.05) is 18.7 Å². The molecule has 2 aromatic carbocycles. The third kappa shape index (κ3) is 4.37. The van der Waals surface area contributed by atoms with Gasteiger partial charge in [0.05, 0.1) is 12.3 Å². The molecular formula is C21H20N4O4. The van der Waals surface area contributed by atoms with Gasteiger partial charge in [-0.25, -0.2) is 9.97 Å². The topological polar surface area (TPSA) is 94.6 Å². The number of ether oxygens (including phenoxy) is 3. The van der Waals surface area contributed by atoms with E-state index in [-0.39, 0.29) is 18.4 Å². The highest BCUT2D eigenvalue weighted by Crippen LogP contribution is 2.32. The van der Waals surface area contributed by atoms with E-state index < -0.39 is 0 Å². The van der Waals surface area contributed by atoms with E-state index in [1.54, 1.807) is 6.07 Å². The molecule has 0 radical (unpaired) electrons. The highest BCUT2D eigenvalue weighted by Gasteiger charge is 2.14. The Hall–Kier alpha value is -3.81. The van der Waals surface area contributed by atoms with Crippen molar-refractivity contribution < 1.29 is 19.0 Å². The van der Waals surface area contributed by atoms with Crippen molar-refractivity contribution in [2.45, 2.75) is 13.5 Å². The average molecular weight is 392 g/mol. The number of nitrogens with zero attached hydrogens (tertiary/aromatic N) is 2. The zero-order valence-electron chi connectivity index (χ0n) is 15.8. The predicted octanol–water partition coefficient (Wildman–Crippen LogP) is 3.28. The van der Waals surface area contributed by atoms with Crippen molar-refractivity contribution in [3.63, 3.8) is 0 Å². The van der Waals surface area contributed by atoms with Crippen LogP contribution in [0, 0.1) is 0 Å². The smallest absolute Gasteiger partial charge is 0.270 e. The summed E-state index contributed by atoms with van der Waals surface area (Å²) in [6.07, 6.45) is 1.35. The zero-order chi connectivity index (χ0) is 20.1. The number of hydrogen-bond acceptors (Lipinski definition) is 7. The van der Waals surface area contributed by atoms with Gasteiger partial charge in [0.15, 0.2) is 11.5 Å². The molecule has 0 saturated heterocycles. The molecular weight excluding hydrogens is 372 g/mol. The first-order valence-corrected chi connectivity index (χ1v) is 9.20. The zero-order valence-corrected chi connectivity index (χ0v) is 15.8. The van der Waals surface area contributed by atoms with Crippen LogP contribution in [-0.2, 0) is 6.54 Å². The van der Waals surface area contributed by atoms with Gasteiger partial charge in [0.25, 0.3) is 5.91 Å². The summed E-state index contributed by atoms with van der Waals surface area (Å²) < 4.78 is 16.2. The van der Waals surface area contributed by atoms with E-state index in [2.05, 4.69) is 20.6 Å². The largest absolute Gasteiger partial charge is 0.492 e. The van der Waals surface area contributed by atoms with Crippen molar-refractivity contribution in [2.24, 2.45) is 0 Å². The number of anilines is 2. The van der Waals surface area contributed by atoms with Gasteiger partial charge in [0.1, 0.15) is 23.6 Å². The van der Waals surface area contributed by atoms with Crippen LogP contribution in [0.25, 0.3) is 0 Å². The number of aromatic nitrogens is 2. The summed E-state index contributed by atoms with van der Waals surface area (Å²) >= 11 is 0. The Balaban J connectivity index is 1.42. The van der Waals surface area contributed by atoms with Crippen LogP contribution < -0.4 is 24.8 Å². The maximum Gasteiger partial charge on any atom is 0.270 e.